The Balaban J connectivity index is 1.35. The third-order valence-electron chi connectivity index (χ3n) is 21.2. The Morgan fingerprint density at radius 1 is 0.353 bits per heavy atom. The molecule has 600 valence electrons. The zero-order chi connectivity index (χ0) is 73.9. The first-order valence-corrected chi connectivity index (χ1v) is 42.2. The summed E-state index contributed by atoms with van der Waals surface area (Å²) in [6, 6.07) is -0.973. The number of hydrogen-bond acceptors (Lipinski definition) is 18. The van der Waals surface area contributed by atoms with Crippen molar-refractivity contribution in [2.45, 2.75) is 458 Å². The van der Waals surface area contributed by atoms with Crippen LogP contribution in [0.1, 0.15) is 354 Å². The number of amides is 1. The number of carbonyl (C=O) groups excluding carboxylic acids is 1. The molecule has 19 heteroatoms. The first-order chi connectivity index (χ1) is 49.8. The molecule has 0 aliphatic carbocycles. The largest absolute Gasteiger partial charge is 0.394 e. The summed E-state index contributed by atoms with van der Waals surface area (Å²) in [4.78, 5) is 13.5. The van der Waals surface area contributed by atoms with Crippen molar-refractivity contribution in [1.29, 1.82) is 0 Å². The summed E-state index contributed by atoms with van der Waals surface area (Å²) in [5.41, 5.74) is 0. The predicted molar refractivity (Wildman–Crippen MR) is 406 cm³/mol. The van der Waals surface area contributed by atoms with Gasteiger partial charge in [-0.25, -0.2) is 0 Å². The summed E-state index contributed by atoms with van der Waals surface area (Å²) in [5, 5.41) is 121. The van der Waals surface area contributed by atoms with E-state index in [-0.39, 0.29) is 18.9 Å². The molecule has 0 radical (unpaired) electrons. The summed E-state index contributed by atoms with van der Waals surface area (Å²) >= 11 is 0. The minimum atomic E-state index is -1.98. The van der Waals surface area contributed by atoms with Gasteiger partial charge >= 0.3 is 0 Å². The Morgan fingerprint density at radius 2 is 0.647 bits per heavy atom. The van der Waals surface area contributed by atoms with Crippen LogP contribution >= 0.6 is 0 Å². The lowest BCUT2D eigenvalue weighted by Crippen LogP contribution is -2.66. The van der Waals surface area contributed by atoms with Gasteiger partial charge in [-0.3, -0.25) is 4.79 Å². The van der Waals surface area contributed by atoms with Crippen molar-refractivity contribution in [2.24, 2.45) is 0 Å². The third-order valence-corrected chi connectivity index (χ3v) is 21.2. The summed E-state index contributed by atoms with van der Waals surface area (Å²) in [6.45, 7) is 1.78. The molecule has 3 saturated heterocycles. The molecule has 3 heterocycles. The lowest BCUT2D eigenvalue weighted by molar-refractivity contribution is -0.379. The van der Waals surface area contributed by atoms with Crippen LogP contribution < -0.4 is 5.32 Å². The maximum atomic E-state index is 13.5. The number of ether oxygens (including phenoxy) is 6. The number of unbranched alkanes of at least 4 members (excludes halogenated alkanes) is 48. The average molecular weight is 1460 g/mol. The third kappa shape index (κ3) is 43.3. The van der Waals surface area contributed by atoms with Crippen molar-refractivity contribution in [1.82, 2.24) is 5.32 Å². The van der Waals surface area contributed by atoms with E-state index in [1.807, 2.05) is 6.08 Å². The fourth-order valence-corrected chi connectivity index (χ4v) is 14.4. The fourth-order valence-electron chi connectivity index (χ4n) is 14.4. The van der Waals surface area contributed by atoms with Crippen molar-refractivity contribution in [2.75, 3.05) is 26.4 Å². The Hall–Kier alpha value is -1.99. The van der Waals surface area contributed by atoms with Gasteiger partial charge in [-0.05, 0) is 51.4 Å². The molecule has 0 aromatic carbocycles. The molecular formula is C83H155NO18. The summed E-state index contributed by atoms with van der Waals surface area (Å²) < 4.78 is 34.5. The fraction of sp³-hybridized carbons (Fsp3) is 0.916. The molecule has 3 rings (SSSR count). The molecule has 3 fully saturated rings. The number of allylic oxidation sites excluding steroid dienone is 5. The van der Waals surface area contributed by atoms with E-state index in [1.165, 1.54) is 276 Å². The first-order valence-electron chi connectivity index (χ1n) is 42.2. The second-order valence-electron chi connectivity index (χ2n) is 30.3. The van der Waals surface area contributed by atoms with Gasteiger partial charge in [0.1, 0.15) is 73.2 Å². The maximum absolute atomic E-state index is 13.5. The molecule has 102 heavy (non-hydrogen) atoms. The number of rotatable bonds is 68. The normalized spacial score (nSPS) is 26.3. The Labute approximate surface area is 619 Å². The molecule has 0 spiro atoms. The molecular weight excluding hydrogens is 1300 g/mol. The van der Waals surface area contributed by atoms with Crippen LogP contribution in [0.4, 0.5) is 0 Å². The summed E-state index contributed by atoms with van der Waals surface area (Å²) in [6.07, 6.45) is 52.8. The zero-order valence-electron chi connectivity index (χ0n) is 64.4. The van der Waals surface area contributed by atoms with Crippen molar-refractivity contribution in [3.05, 3.63) is 36.5 Å². The highest BCUT2D eigenvalue weighted by atomic mass is 16.8. The molecule has 0 aromatic heterocycles. The van der Waals surface area contributed by atoms with Crippen LogP contribution in [0.15, 0.2) is 36.5 Å². The SMILES string of the molecule is CCCCCCC/C=C\C/C=C\CCCCCCCCCCCCCCCCCCCCCCCC(=O)NC(COC1OC(CO)C(OC2OC(CO)C(OC3OC(CO)C(O)C(O)C3O)C(O)C2O)C(O)C1O)C(O)/C=C/CCCCCCCCCCCCCCCCCCCCCCCC. The molecule has 1 amide bonds. The minimum Gasteiger partial charge on any atom is -0.394 e. The Morgan fingerprint density at radius 3 is 1.00 bits per heavy atom. The minimum absolute atomic E-state index is 0.247. The van der Waals surface area contributed by atoms with E-state index >= 15 is 0 Å². The molecule has 17 unspecified atom stereocenters. The van der Waals surface area contributed by atoms with Crippen LogP contribution in [0.25, 0.3) is 0 Å². The number of aliphatic hydroxyl groups is 11. The van der Waals surface area contributed by atoms with Gasteiger partial charge in [-0.1, -0.05) is 333 Å². The molecule has 19 nitrogen and oxygen atoms in total. The number of aliphatic hydroxyl groups excluding tert-OH is 11. The van der Waals surface area contributed by atoms with Crippen LogP contribution in [0.2, 0.25) is 0 Å². The lowest BCUT2D eigenvalue weighted by atomic mass is 9.96. The summed E-state index contributed by atoms with van der Waals surface area (Å²) in [7, 11) is 0. The highest BCUT2D eigenvalue weighted by Crippen LogP contribution is 2.33. The van der Waals surface area contributed by atoms with Crippen molar-refractivity contribution in [3.8, 4) is 0 Å². The van der Waals surface area contributed by atoms with Gasteiger partial charge in [0.25, 0.3) is 0 Å². The number of hydrogen-bond donors (Lipinski definition) is 12. The van der Waals surface area contributed by atoms with Gasteiger partial charge in [0, 0.05) is 6.42 Å². The van der Waals surface area contributed by atoms with Crippen molar-refractivity contribution < 1.29 is 89.4 Å². The highest BCUT2D eigenvalue weighted by molar-refractivity contribution is 5.76. The van der Waals surface area contributed by atoms with Crippen molar-refractivity contribution in [3.63, 3.8) is 0 Å². The molecule has 12 N–H and O–H groups in total. The van der Waals surface area contributed by atoms with Crippen LogP contribution in [-0.2, 0) is 33.2 Å². The Bertz CT molecular complexity index is 1980. The molecule has 0 bridgehead atoms. The van der Waals surface area contributed by atoms with Crippen LogP contribution in [0.3, 0.4) is 0 Å². The van der Waals surface area contributed by atoms with Gasteiger partial charge in [0.05, 0.1) is 38.6 Å². The second-order valence-corrected chi connectivity index (χ2v) is 30.3. The predicted octanol–water partition coefficient (Wildman–Crippen LogP) is 14.7. The van der Waals surface area contributed by atoms with Crippen LogP contribution in [-0.4, -0.2) is 193 Å². The van der Waals surface area contributed by atoms with E-state index in [0.29, 0.717) is 6.42 Å². The lowest BCUT2D eigenvalue weighted by Gasteiger charge is -2.48. The van der Waals surface area contributed by atoms with Gasteiger partial charge in [-0.2, -0.15) is 0 Å². The van der Waals surface area contributed by atoms with Gasteiger partial charge in [0.15, 0.2) is 18.9 Å². The highest BCUT2D eigenvalue weighted by Gasteiger charge is 2.54. The van der Waals surface area contributed by atoms with E-state index in [4.69, 9.17) is 28.4 Å². The molecule has 17 atom stereocenters. The van der Waals surface area contributed by atoms with Gasteiger partial charge in [0.2, 0.25) is 5.91 Å². The maximum Gasteiger partial charge on any atom is 0.220 e. The molecule has 0 aromatic rings. The van der Waals surface area contributed by atoms with E-state index in [0.717, 1.165) is 51.4 Å². The van der Waals surface area contributed by atoms with Crippen molar-refractivity contribution >= 4 is 5.91 Å². The topological polar surface area (TPSA) is 307 Å². The second kappa shape index (κ2) is 63.9. The van der Waals surface area contributed by atoms with E-state index < -0.39 is 124 Å². The number of nitrogens with one attached hydrogen (secondary N) is 1. The quantitative estimate of drug-likeness (QED) is 0.0199. The summed E-state index contributed by atoms with van der Waals surface area (Å²) in [5.74, 6) is -0.268. The van der Waals surface area contributed by atoms with Crippen LogP contribution in [0, 0.1) is 0 Å². The molecule has 3 aliphatic rings. The number of carbonyl (C=O) groups is 1. The monoisotopic (exact) mass is 1450 g/mol. The first kappa shape index (κ1) is 94.2. The van der Waals surface area contributed by atoms with E-state index in [9.17, 15) is 61.0 Å². The standard InChI is InChI=1S/C83H155NO18/c1-3-5-7-9-11-13-15-17-19-21-23-25-27-29-30-31-32-33-34-35-36-37-39-41-43-45-47-49-51-53-55-57-59-61-71(89)84-66(67(88)60-58-56-54-52-50-48-46-44-42-40-38-28-26-24-22-20-18-16-14-12-10-8-6-4-2)65-97-81-77(95)74(92)79(69(63-86)99-81)102-83-78(96)75(93)80(70(64-87)100-83)101-82-76(94)73(91)72(90)68(62-85)98-82/h15,17,21,23,58,60,66-70,72-83,85-88,90-96H,3-14,16,18-20,22,24-57,59,61-65H2,1-2H3,(H,84,89)/b17-15-,23-21-,60-58+. The van der Waals surface area contributed by atoms with Gasteiger partial charge in [-0.15, -0.1) is 0 Å². The van der Waals surface area contributed by atoms with E-state index in [2.05, 4.69) is 43.5 Å². The van der Waals surface area contributed by atoms with Crippen LogP contribution in [0.5, 0.6) is 0 Å². The smallest absolute Gasteiger partial charge is 0.220 e. The van der Waals surface area contributed by atoms with Gasteiger partial charge < -0.3 is 89.9 Å². The van der Waals surface area contributed by atoms with E-state index in [1.54, 1.807) is 6.08 Å². The molecule has 0 saturated carbocycles. The Kier molecular flexibility index (Phi) is 59.0. The average Bonchev–Trinajstić information content (AvgIpc) is 0.781. The zero-order valence-corrected chi connectivity index (χ0v) is 64.4. The molecule has 3 aliphatic heterocycles.